The molecule has 0 fully saturated rings. The molecule has 2 amide bonds. The van der Waals surface area contributed by atoms with Crippen molar-refractivity contribution in [1.82, 2.24) is 15.4 Å². The van der Waals surface area contributed by atoms with Gasteiger partial charge in [0.05, 0.1) is 12.6 Å². The summed E-state index contributed by atoms with van der Waals surface area (Å²) in [4.78, 5) is 34.1. The van der Waals surface area contributed by atoms with E-state index in [2.05, 4.69) is 10.3 Å². The van der Waals surface area contributed by atoms with Crippen molar-refractivity contribution in [3.8, 4) is 0 Å². The topological polar surface area (TPSA) is 71.5 Å². The van der Waals surface area contributed by atoms with Crippen molar-refractivity contribution >= 4 is 34.5 Å². The van der Waals surface area contributed by atoms with Crippen molar-refractivity contribution in [3.05, 3.63) is 42.1 Å². The molecule has 1 atom stereocenters. The number of para-hydroxylation sites is 1. The van der Waals surface area contributed by atoms with Crippen LogP contribution >= 0.6 is 11.8 Å². The molecule has 0 saturated heterocycles. The van der Waals surface area contributed by atoms with Crippen LogP contribution in [0.5, 0.6) is 0 Å². The minimum absolute atomic E-state index is 0.288. The number of amides is 2. The third-order valence-electron chi connectivity index (χ3n) is 3.63. The normalized spacial score (nSPS) is 12.0. The average Bonchev–Trinajstić information content (AvgIpc) is 2.63. The van der Waals surface area contributed by atoms with Crippen LogP contribution < -0.4 is 5.32 Å². The standard InChI is InChI=1S/C17H21N3O3S/c1-20(23-2)17(22)15(10-11-24-3)19-16(21)14-9-8-12-6-4-5-7-13(12)18-14/h4-9,15H,10-11H2,1-3H3,(H,19,21)/t15-/m1/s1. The SMILES string of the molecule is CON(C)C(=O)[C@@H](CCSC)NC(=O)c1ccc2ccccc2n1. The molecule has 0 aliphatic rings. The molecule has 6 nitrogen and oxygen atoms in total. The number of benzene rings is 1. The molecule has 0 spiro atoms. The number of aromatic nitrogens is 1. The first-order valence-electron chi connectivity index (χ1n) is 7.54. The van der Waals surface area contributed by atoms with Gasteiger partial charge in [-0.05, 0) is 30.6 Å². The molecule has 2 aromatic rings. The first-order valence-corrected chi connectivity index (χ1v) is 8.93. The third-order valence-corrected chi connectivity index (χ3v) is 4.27. The summed E-state index contributed by atoms with van der Waals surface area (Å²) < 4.78 is 0. The van der Waals surface area contributed by atoms with Gasteiger partial charge < -0.3 is 5.32 Å². The monoisotopic (exact) mass is 347 g/mol. The second-order valence-corrected chi connectivity index (χ2v) is 6.20. The smallest absolute Gasteiger partial charge is 0.270 e. The molecule has 0 saturated carbocycles. The van der Waals surface area contributed by atoms with E-state index in [4.69, 9.17) is 4.84 Å². The Balaban J connectivity index is 2.16. The van der Waals surface area contributed by atoms with Crippen LogP contribution in [0.4, 0.5) is 0 Å². The summed E-state index contributed by atoms with van der Waals surface area (Å²) >= 11 is 1.61. The van der Waals surface area contributed by atoms with E-state index in [1.807, 2.05) is 36.6 Å². The van der Waals surface area contributed by atoms with Gasteiger partial charge in [-0.25, -0.2) is 10.0 Å². The summed E-state index contributed by atoms with van der Waals surface area (Å²) in [6, 6.07) is 10.4. The predicted molar refractivity (Wildman–Crippen MR) is 95.8 cm³/mol. The van der Waals surface area contributed by atoms with Gasteiger partial charge in [0.15, 0.2) is 0 Å². The second-order valence-electron chi connectivity index (χ2n) is 5.21. The quantitative estimate of drug-likeness (QED) is 0.777. The Bertz CT molecular complexity index is 723. The molecule has 0 radical (unpaired) electrons. The number of fused-ring (bicyclic) bond motifs is 1. The number of likely N-dealkylation sites (N-methyl/N-ethyl adjacent to an activating group) is 1. The molecule has 1 N–H and O–H groups in total. The number of rotatable bonds is 7. The maximum atomic E-state index is 12.5. The fourth-order valence-corrected chi connectivity index (χ4v) is 2.70. The number of hydrogen-bond donors (Lipinski definition) is 1. The van der Waals surface area contributed by atoms with Gasteiger partial charge >= 0.3 is 0 Å². The Morgan fingerprint density at radius 3 is 2.75 bits per heavy atom. The zero-order chi connectivity index (χ0) is 17.5. The van der Waals surface area contributed by atoms with Crippen molar-refractivity contribution in [1.29, 1.82) is 0 Å². The highest BCUT2D eigenvalue weighted by Crippen LogP contribution is 2.12. The lowest BCUT2D eigenvalue weighted by atomic mass is 10.1. The molecule has 0 aliphatic heterocycles. The Labute approximate surface area is 145 Å². The summed E-state index contributed by atoms with van der Waals surface area (Å²) in [5.74, 6) is 0.0877. The first-order chi connectivity index (χ1) is 11.6. The number of carbonyl (C=O) groups excluding carboxylic acids is 2. The summed E-state index contributed by atoms with van der Waals surface area (Å²) in [6.45, 7) is 0. The van der Waals surface area contributed by atoms with Gasteiger partial charge in [0.1, 0.15) is 11.7 Å². The second kappa shape index (κ2) is 8.65. The van der Waals surface area contributed by atoms with Crippen molar-refractivity contribution < 1.29 is 14.4 Å². The molecule has 2 rings (SSSR count). The lowest BCUT2D eigenvalue weighted by Crippen LogP contribution is -2.47. The Hall–Kier alpha value is -2.12. The van der Waals surface area contributed by atoms with Gasteiger partial charge in [0, 0.05) is 12.4 Å². The first kappa shape index (κ1) is 18.2. The van der Waals surface area contributed by atoms with Gasteiger partial charge in [0.25, 0.3) is 11.8 Å². The van der Waals surface area contributed by atoms with E-state index < -0.39 is 6.04 Å². The van der Waals surface area contributed by atoms with E-state index in [9.17, 15) is 9.59 Å². The van der Waals surface area contributed by atoms with Crippen molar-refractivity contribution in [3.63, 3.8) is 0 Å². The van der Waals surface area contributed by atoms with E-state index in [1.165, 1.54) is 14.2 Å². The number of hydroxylamine groups is 2. The van der Waals surface area contributed by atoms with E-state index in [-0.39, 0.29) is 17.5 Å². The molecule has 24 heavy (non-hydrogen) atoms. The average molecular weight is 347 g/mol. The van der Waals surface area contributed by atoms with E-state index in [0.29, 0.717) is 6.42 Å². The van der Waals surface area contributed by atoms with Gasteiger partial charge in [-0.2, -0.15) is 11.8 Å². The van der Waals surface area contributed by atoms with E-state index >= 15 is 0 Å². The molecule has 0 aliphatic carbocycles. The number of hydrogen-bond acceptors (Lipinski definition) is 5. The third kappa shape index (κ3) is 4.46. The van der Waals surface area contributed by atoms with Crippen LogP contribution in [0.3, 0.4) is 0 Å². The highest BCUT2D eigenvalue weighted by molar-refractivity contribution is 7.98. The predicted octanol–water partition coefficient (Wildman–Crippen LogP) is 2.11. The van der Waals surface area contributed by atoms with E-state index in [1.54, 1.807) is 17.8 Å². The van der Waals surface area contributed by atoms with Crippen LogP contribution in [0, 0.1) is 0 Å². The van der Waals surface area contributed by atoms with Crippen molar-refractivity contribution in [2.75, 3.05) is 26.2 Å². The minimum atomic E-state index is -0.650. The molecule has 1 heterocycles. The Kier molecular flexibility index (Phi) is 6.57. The Morgan fingerprint density at radius 1 is 1.29 bits per heavy atom. The Morgan fingerprint density at radius 2 is 2.04 bits per heavy atom. The molecule has 0 unspecified atom stereocenters. The molecular formula is C17H21N3O3S. The molecule has 7 heteroatoms. The molecule has 128 valence electrons. The number of nitrogens with zero attached hydrogens (tertiary/aromatic N) is 2. The van der Waals surface area contributed by atoms with Gasteiger partial charge in [-0.1, -0.05) is 24.3 Å². The summed E-state index contributed by atoms with van der Waals surface area (Å²) in [6.07, 6.45) is 2.47. The van der Waals surface area contributed by atoms with Crippen LogP contribution in [-0.4, -0.2) is 54.1 Å². The maximum Gasteiger partial charge on any atom is 0.270 e. The van der Waals surface area contributed by atoms with Crippen molar-refractivity contribution in [2.45, 2.75) is 12.5 Å². The van der Waals surface area contributed by atoms with Gasteiger partial charge in [-0.3, -0.25) is 14.4 Å². The molecule has 1 aromatic carbocycles. The lowest BCUT2D eigenvalue weighted by molar-refractivity contribution is -0.170. The van der Waals surface area contributed by atoms with Crippen LogP contribution in [0.15, 0.2) is 36.4 Å². The fraction of sp³-hybridized carbons (Fsp3) is 0.353. The summed E-state index contributed by atoms with van der Waals surface area (Å²) in [5.41, 5.74) is 1.03. The van der Waals surface area contributed by atoms with Crippen LogP contribution in [0.2, 0.25) is 0 Å². The van der Waals surface area contributed by atoms with Crippen LogP contribution in [0.25, 0.3) is 10.9 Å². The number of nitrogens with one attached hydrogen (secondary N) is 1. The fourth-order valence-electron chi connectivity index (χ4n) is 2.23. The number of thioether (sulfide) groups is 1. The molecule has 1 aromatic heterocycles. The van der Waals surface area contributed by atoms with Gasteiger partial charge in [0.2, 0.25) is 0 Å². The van der Waals surface area contributed by atoms with Crippen LogP contribution in [-0.2, 0) is 9.63 Å². The zero-order valence-corrected chi connectivity index (χ0v) is 14.8. The maximum absolute atomic E-state index is 12.5. The van der Waals surface area contributed by atoms with Crippen molar-refractivity contribution in [2.24, 2.45) is 0 Å². The number of carbonyl (C=O) groups is 2. The molecule has 0 bridgehead atoms. The number of pyridine rings is 1. The van der Waals surface area contributed by atoms with E-state index in [0.717, 1.165) is 21.7 Å². The minimum Gasteiger partial charge on any atom is -0.339 e. The highest BCUT2D eigenvalue weighted by atomic mass is 32.2. The molecular weight excluding hydrogens is 326 g/mol. The lowest BCUT2D eigenvalue weighted by Gasteiger charge is -2.22. The zero-order valence-electron chi connectivity index (χ0n) is 14.0. The summed E-state index contributed by atoms with van der Waals surface area (Å²) in [5, 5.41) is 4.85. The summed E-state index contributed by atoms with van der Waals surface area (Å²) in [7, 11) is 2.94. The largest absolute Gasteiger partial charge is 0.339 e. The van der Waals surface area contributed by atoms with Crippen LogP contribution in [0.1, 0.15) is 16.9 Å². The highest BCUT2D eigenvalue weighted by Gasteiger charge is 2.24. The van der Waals surface area contributed by atoms with Gasteiger partial charge in [-0.15, -0.1) is 0 Å².